The van der Waals surface area contributed by atoms with Gasteiger partial charge in [0, 0.05) is 17.6 Å². The first-order valence-corrected chi connectivity index (χ1v) is 11.6. The van der Waals surface area contributed by atoms with Crippen molar-refractivity contribution in [2.24, 2.45) is 10.8 Å². The molecule has 3 heterocycles. The molecule has 1 aliphatic carbocycles. The van der Waals surface area contributed by atoms with Crippen LogP contribution in [0.2, 0.25) is 0 Å². The molecule has 0 spiro atoms. The average Bonchev–Trinajstić information content (AvgIpc) is 3.47. The number of nitriles is 1. The lowest BCUT2D eigenvalue weighted by atomic mass is 9.85. The first-order chi connectivity index (χ1) is 16.2. The number of carbonyl (C=O) groups excluding carboxylic acids is 1. The Labute approximate surface area is 197 Å². The molecular weight excluding hydrogens is 432 g/mol. The van der Waals surface area contributed by atoms with E-state index in [0.717, 1.165) is 23.9 Å². The van der Waals surface area contributed by atoms with Gasteiger partial charge in [-0.05, 0) is 31.2 Å². The van der Waals surface area contributed by atoms with Crippen molar-refractivity contribution in [2.45, 2.75) is 53.1 Å². The topological polar surface area (TPSA) is 99.1 Å². The van der Waals surface area contributed by atoms with Crippen LogP contribution in [0, 0.1) is 22.2 Å². The van der Waals surface area contributed by atoms with E-state index >= 15 is 0 Å². The summed E-state index contributed by atoms with van der Waals surface area (Å²) in [5, 5.41) is 15.1. The summed E-state index contributed by atoms with van der Waals surface area (Å²) in [6.45, 7) is 9.23. The van der Waals surface area contributed by atoms with E-state index < -0.39 is 5.97 Å². The molecule has 1 unspecified atom stereocenters. The number of esters is 1. The van der Waals surface area contributed by atoms with Crippen LogP contribution in [0.3, 0.4) is 0 Å². The molecule has 5 rings (SSSR count). The van der Waals surface area contributed by atoms with Gasteiger partial charge in [-0.3, -0.25) is 9.48 Å². The molecule has 1 saturated carbocycles. The Morgan fingerprint density at radius 2 is 2.09 bits per heavy atom. The van der Waals surface area contributed by atoms with Crippen LogP contribution in [0.1, 0.15) is 56.9 Å². The first-order valence-electron chi connectivity index (χ1n) is 11.6. The number of nitrogens with zero attached hydrogens (tertiary/aromatic N) is 4. The minimum absolute atomic E-state index is 0.0346. The van der Waals surface area contributed by atoms with Crippen molar-refractivity contribution in [1.29, 1.82) is 5.26 Å². The smallest absolute Gasteiger partial charge is 0.343 e. The van der Waals surface area contributed by atoms with E-state index in [1.807, 2.05) is 27.4 Å². The Bertz CT molecular complexity index is 1400. The van der Waals surface area contributed by atoms with Crippen LogP contribution < -0.4 is 10.2 Å². The summed E-state index contributed by atoms with van der Waals surface area (Å²) in [7, 11) is 0. The Balaban J connectivity index is 1.67. The van der Waals surface area contributed by atoms with E-state index in [-0.39, 0.29) is 34.5 Å². The number of pyridine rings is 1. The van der Waals surface area contributed by atoms with Gasteiger partial charge in [0.1, 0.15) is 23.4 Å². The quantitative estimate of drug-likeness (QED) is 0.526. The molecule has 176 valence electrons. The van der Waals surface area contributed by atoms with Gasteiger partial charge in [0.25, 0.3) is 0 Å². The zero-order valence-corrected chi connectivity index (χ0v) is 19.9. The standard InChI is InChI=1S/C26H28N4O4/c1-5-33-24(32)17-12-29-18(11-19(17)31)23-16-7-6-8-20(34-15-26(14-27)9-10-26)22(16)28-30(23)13-21(29)25(2,3)4/h6-8,11-12,21H,5,9-10,13,15H2,1-4H3. The number of aromatic nitrogens is 3. The van der Waals surface area contributed by atoms with Gasteiger partial charge in [-0.1, -0.05) is 32.9 Å². The molecule has 0 radical (unpaired) electrons. The number of benzene rings is 1. The molecule has 0 saturated heterocycles. The summed E-state index contributed by atoms with van der Waals surface area (Å²) in [5.41, 5.74) is 1.33. The second kappa shape index (κ2) is 7.73. The van der Waals surface area contributed by atoms with Crippen LogP contribution in [0.25, 0.3) is 22.3 Å². The van der Waals surface area contributed by atoms with Crippen LogP contribution in [0.5, 0.6) is 5.75 Å². The summed E-state index contributed by atoms with van der Waals surface area (Å²) in [6.07, 6.45) is 3.34. The molecule has 1 aliphatic heterocycles. The van der Waals surface area contributed by atoms with Gasteiger partial charge in [-0.2, -0.15) is 10.4 Å². The van der Waals surface area contributed by atoms with Gasteiger partial charge in [-0.15, -0.1) is 0 Å². The lowest BCUT2D eigenvalue weighted by Crippen LogP contribution is -2.35. The van der Waals surface area contributed by atoms with Crippen molar-refractivity contribution < 1.29 is 14.3 Å². The fraction of sp³-hybridized carbons (Fsp3) is 0.462. The van der Waals surface area contributed by atoms with Gasteiger partial charge < -0.3 is 14.0 Å². The largest absolute Gasteiger partial charge is 0.490 e. The Morgan fingerprint density at radius 3 is 2.74 bits per heavy atom. The number of hydrogen-bond acceptors (Lipinski definition) is 6. The van der Waals surface area contributed by atoms with Gasteiger partial charge in [0.2, 0.25) is 0 Å². The van der Waals surface area contributed by atoms with Crippen molar-refractivity contribution in [3.05, 3.63) is 46.2 Å². The number of fused-ring (bicyclic) bond motifs is 5. The fourth-order valence-electron chi connectivity index (χ4n) is 4.60. The highest BCUT2D eigenvalue weighted by Crippen LogP contribution is 2.46. The monoisotopic (exact) mass is 460 g/mol. The van der Waals surface area contributed by atoms with Crippen LogP contribution in [-0.4, -0.2) is 33.5 Å². The lowest BCUT2D eigenvalue weighted by Gasteiger charge is -2.38. The maximum atomic E-state index is 13.0. The molecule has 2 aliphatic rings. The Kier molecular flexibility index (Phi) is 5.05. The molecular formula is C26H28N4O4. The van der Waals surface area contributed by atoms with Crippen LogP contribution >= 0.6 is 0 Å². The van der Waals surface area contributed by atoms with Gasteiger partial charge in [-0.25, -0.2) is 4.79 Å². The maximum absolute atomic E-state index is 13.0. The third-order valence-electron chi connectivity index (χ3n) is 6.83. The molecule has 1 atom stereocenters. The van der Waals surface area contributed by atoms with Gasteiger partial charge in [0.05, 0.1) is 42.1 Å². The minimum atomic E-state index is -0.610. The highest BCUT2D eigenvalue weighted by molar-refractivity contribution is 5.97. The summed E-state index contributed by atoms with van der Waals surface area (Å²) < 4.78 is 15.1. The molecule has 0 N–H and O–H groups in total. The van der Waals surface area contributed by atoms with E-state index in [4.69, 9.17) is 14.6 Å². The second-order valence-electron chi connectivity index (χ2n) is 10.3. The third-order valence-corrected chi connectivity index (χ3v) is 6.83. The molecule has 8 heteroatoms. The summed E-state index contributed by atoms with van der Waals surface area (Å²) in [6, 6.07) is 9.56. The maximum Gasteiger partial charge on any atom is 0.343 e. The Hall–Kier alpha value is -3.60. The molecule has 1 aromatic carbocycles. The van der Waals surface area contributed by atoms with Crippen LogP contribution in [0.4, 0.5) is 0 Å². The second-order valence-corrected chi connectivity index (χ2v) is 10.3. The van der Waals surface area contributed by atoms with E-state index in [1.165, 1.54) is 6.07 Å². The third kappa shape index (κ3) is 3.56. The van der Waals surface area contributed by atoms with Crippen molar-refractivity contribution >= 4 is 16.9 Å². The molecule has 34 heavy (non-hydrogen) atoms. The molecule has 0 amide bonds. The lowest BCUT2D eigenvalue weighted by molar-refractivity contribution is 0.0522. The molecule has 2 aromatic heterocycles. The predicted molar refractivity (Wildman–Crippen MR) is 127 cm³/mol. The molecule has 3 aromatic rings. The SMILES string of the molecule is CCOC(=O)c1cn2c(cc1=O)-c1c3cccc(OCC4(C#N)CC4)c3nn1CC2C(C)(C)C. The zero-order chi connectivity index (χ0) is 24.3. The number of hydrogen-bond donors (Lipinski definition) is 0. The highest BCUT2D eigenvalue weighted by atomic mass is 16.5. The summed E-state index contributed by atoms with van der Waals surface area (Å²) in [5.74, 6) is 0.0202. The number of carbonyl (C=O) groups is 1. The summed E-state index contributed by atoms with van der Waals surface area (Å²) in [4.78, 5) is 25.4. The van der Waals surface area contributed by atoms with Gasteiger partial charge >= 0.3 is 5.97 Å². The van der Waals surface area contributed by atoms with Crippen molar-refractivity contribution in [2.75, 3.05) is 13.2 Å². The van der Waals surface area contributed by atoms with E-state index in [1.54, 1.807) is 13.1 Å². The molecule has 1 fully saturated rings. The average molecular weight is 461 g/mol. The van der Waals surface area contributed by atoms with Gasteiger partial charge in [0.15, 0.2) is 5.43 Å². The highest BCUT2D eigenvalue weighted by Gasteiger charge is 2.44. The van der Waals surface area contributed by atoms with Crippen LogP contribution in [0.15, 0.2) is 35.3 Å². The summed E-state index contributed by atoms with van der Waals surface area (Å²) >= 11 is 0. The predicted octanol–water partition coefficient (Wildman–Crippen LogP) is 4.33. The van der Waals surface area contributed by atoms with Crippen LogP contribution in [-0.2, 0) is 11.3 Å². The molecule has 8 nitrogen and oxygen atoms in total. The van der Waals surface area contributed by atoms with Crippen molar-refractivity contribution in [3.63, 3.8) is 0 Å². The van der Waals surface area contributed by atoms with E-state index in [0.29, 0.717) is 30.1 Å². The minimum Gasteiger partial charge on any atom is -0.490 e. The van der Waals surface area contributed by atoms with Crippen molar-refractivity contribution in [1.82, 2.24) is 14.3 Å². The van der Waals surface area contributed by atoms with Crippen molar-refractivity contribution in [3.8, 4) is 23.2 Å². The normalized spacial score (nSPS) is 18.0. The number of ether oxygens (including phenoxy) is 2. The Morgan fingerprint density at radius 1 is 1.32 bits per heavy atom. The first kappa shape index (κ1) is 22.2. The molecule has 0 bridgehead atoms. The van der Waals surface area contributed by atoms with E-state index in [9.17, 15) is 14.9 Å². The van der Waals surface area contributed by atoms with E-state index in [2.05, 4.69) is 26.8 Å². The zero-order valence-electron chi connectivity index (χ0n) is 19.9. The number of rotatable bonds is 5. The fourth-order valence-corrected chi connectivity index (χ4v) is 4.60.